The van der Waals surface area contributed by atoms with E-state index < -0.39 is 11.9 Å². The van der Waals surface area contributed by atoms with Crippen LogP contribution in [0.3, 0.4) is 0 Å². The van der Waals surface area contributed by atoms with Crippen molar-refractivity contribution >= 4 is 11.9 Å². The quantitative estimate of drug-likeness (QED) is 0.760. The van der Waals surface area contributed by atoms with Gasteiger partial charge in [0.15, 0.2) is 0 Å². The van der Waals surface area contributed by atoms with Crippen LogP contribution in [0.2, 0.25) is 0 Å². The molecule has 0 saturated heterocycles. The van der Waals surface area contributed by atoms with E-state index in [1.807, 2.05) is 0 Å². The van der Waals surface area contributed by atoms with Crippen molar-refractivity contribution in [1.29, 1.82) is 0 Å². The number of hydrogen-bond acceptors (Lipinski definition) is 2. The molecule has 1 amide bonds. The molecule has 0 aliphatic heterocycles. The number of carboxylic acids is 1. The van der Waals surface area contributed by atoms with Gasteiger partial charge in [-0.15, -0.1) is 0 Å². The first-order valence-electron chi connectivity index (χ1n) is 5.60. The Labute approximate surface area is 89.3 Å². The van der Waals surface area contributed by atoms with Crippen molar-refractivity contribution in [2.75, 3.05) is 7.05 Å². The minimum Gasteiger partial charge on any atom is -0.481 e. The number of amides is 1. The van der Waals surface area contributed by atoms with Gasteiger partial charge in [-0.2, -0.15) is 0 Å². The molecule has 0 heterocycles. The second kappa shape index (κ2) is 3.83. The molecule has 1 N–H and O–H groups in total. The van der Waals surface area contributed by atoms with Crippen LogP contribution >= 0.6 is 0 Å². The highest BCUT2D eigenvalue weighted by Crippen LogP contribution is 2.35. The van der Waals surface area contributed by atoms with Gasteiger partial charge >= 0.3 is 5.97 Å². The third-order valence-electron chi connectivity index (χ3n) is 3.59. The maximum absolute atomic E-state index is 12.0. The van der Waals surface area contributed by atoms with E-state index in [-0.39, 0.29) is 11.8 Å². The minimum absolute atomic E-state index is 0.0439. The maximum Gasteiger partial charge on any atom is 0.307 e. The molecule has 2 rings (SSSR count). The normalized spacial score (nSPS) is 30.2. The predicted octanol–water partition coefficient (Wildman–Crippen LogP) is 1.11. The number of carboxylic acid groups (broad SMARTS) is 1. The lowest BCUT2D eigenvalue weighted by Gasteiger charge is -2.23. The summed E-state index contributed by atoms with van der Waals surface area (Å²) >= 11 is 0. The van der Waals surface area contributed by atoms with Crippen LogP contribution in [0.15, 0.2) is 0 Å². The third-order valence-corrected chi connectivity index (χ3v) is 3.59. The van der Waals surface area contributed by atoms with Crippen molar-refractivity contribution in [3.05, 3.63) is 0 Å². The topological polar surface area (TPSA) is 57.6 Å². The molecule has 2 aliphatic carbocycles. The third kappa shape index (κ3) is 1.98. The molecule has 15 heavy (non-hydrogen) atoms. The Morgan fingerprint density at radius 1 is 1.13 bits per heavy atom. The van der Waals surface area contributed by atoms with Gasteiger partial charge in [-0.05, 0) is 25.7 Å². The van der Waals surface area contributed by atoms with Gasteiger partial charge in [-0.3, -0.25) is 9.59 Å². The molecule has 4 heteroatoms. The maximum atomic E-state index is 12.0. The van der Waals surface area contributed by atoms with Crippen molar-refractivity contribution in [3.63, 3.8) is 0 Å². The highest BCUT2D eigenvalue weighted by Gasteiger charge is 2.41. The van der Waals surface area contributed by atoms with E-state index >= 15 is 0 Å². The second-order valence-corrected chi connectivity index (χ2v) is 4.66. The molecule has 0 spiro atoms. The first kappa shape index (κ1) is 10.5. The first-order valence-corrected chi connectivity index (χ1v) is 5.60. The van der Waals surface area contributed by atoms with E-state index in [2.05, 4.69) is 0 Å². The smallest absolute Gasteiger partial charge is 0.307 e. The molecule has 0 aromatic rings. The van der Waals surface area contributed by atoms with Gasteiger partial charge in [0.1, 0.15) is 0 Å². The zero-order valence-corrected chi connectivity index (χ0v) is 8.98. The van der Waals surface area contributed by atoms with Gasteiger partial charge in [-0.1, -0.05) is 6.42 Å². The van der Waals surface area contributed by atoms with Crippen molar-refractivity contribution < 1.29 is 14.7 Å². The molecule has 0 bridgehead atoms. The van der Waals surface area contributed by atoms with Gasteiger partial charge in [0, 0.05) is 13.1 Å². The lowest BCUT2D eigenvalue weighted by atomic mass is 9.95. The van der Waals surface area contributed by atoms with E-state index in [0.29, 0.717) is 12.5 Å². The fourth-order valence-corrected chi connectivity index (χ4v) is 2.45. The summed E-state index contributed by atoms with van der Waals surface area (Å²) in [6.07, 6.45) is 4.42. The average Bonchev–Trinajstić information content (AvgIpc) is 2.92. The predicted molar refractivity (Wildman–Crippen MR) is 54.3 cm³/mol. The van der Waals surface area contributed by atoms with Gasteiger partial charge in [0.25, 0.3) is 0 Å². The second-order valence-electron chi connectivity index (χ2n) is 4.66. The molecule has 2 saturated carbocycles. The largest absolute Gasteiger partial charge is 0.481 e. The lowest BCUT2D eigenvalue weighted by Crippen LogP contribution is -2.37. The summed E-state index contributed by atoms with van der Waals surface area (Å²) in [4.78, 5) is 24.7. The van der Waals surface area contributed by atoms with E-state index in [1.165, 1.54) is 0 Å². The Morgan fingerprint density at radius 2 is 1.73 bits per heavy atom. The number of carbonyl (C=O) groups is 2. The van der Waals surface area contributed by atoms with Gasteiger partial charge in [-0.25, -0.2) is 0 Å². The van der Waals surface area contributed by atoms with Crippen LogP contribution in [0.4, 0.5) is 0 Å². The number of nitrogens with zero attached hydrogens (tertiary/aromatic N) is 1. The summed E-state index contributed by atoms with van der Waals surface area (Å²) in [5, 5.41) is 9.00. The monoisotopic (exact) mass is 211 g/mol. The molecule has 4 nitrogen and oxygen atoms in total. The molecule has 2 atom stereocenters. The Bertz CT molecular complexity index is 286. The summed E-state index contributed by atoms with van der Waals surface area (Å²) in [5.41, 5.74) is 0. The van der Waals surface area contributed by atoms with E-state index in [9.17, 15) is 9.59 Å². The van der Waals surface area contributed by atoms with Crippen LogP contribution in [0.5, 0.6) is 0 Å². The highest BCUT2D eigenvalue weighted by molar-refractivity contribution is 5.85. The fourth-order valence-electron chi connectivity index (χ4n) is 2.45. The SMILES string of the molecule is CN(C(=O)C1CCCC1C(=O)O)C1CC1. The summed E-state index contributed by atoms with van der Waals surface area (Å²) < 4.78 is 0. The Morgan fingerprint density at radius 3 is 2.27 bits per heavy atom. The van der Waals surface area contributed by atoms with Crippen LogP contribution in [0.1, 0.15) is 32.1 Å². The summed E-state index contributed by atoms with van der Waals surface area (Å²) in [5.74, 6) is -1.48. The molecule has 2 fully saturated rings. The summed E-state index contributed by atoms with van der Waals surface area (Å²) in [7, 11) is 1.80. The summed E-state index contributed by atoms with van der Waals surface area (Å²) in [6.45, 7) is 0. The number of hydrogen-bond donors (Lipinski definition) is 1. The van der Waals surface area contributed by atoms with Crippen LogP contribution in [0, 0.1) is 11.8 Å². The molecular formula is C11H17NO3. The van der Waals surface area contributed by atoms with Crippen LogP contribution in [0.25, 0.3) is 0 Å². The van der Waals surface area contributed by atoms with Crippen LogP contribution < -0.4 is 0 Å². The molecule has 0 aromatic heterocycles. The van der Waals surface area contributed by atoms with Crippen LogP contribution in [-0.2, 0) is 9.59 Å². The number of aliphatic carboxylic acids is 1. The van der Waals surface area contributed by atoms with E-state index in [0.717, 1.165) is 25.7 Å². The van der Waals surface area contributed by atoms with Crippen molar-refractivity contribution in [3.8, 4) is 0 Å². The Balaban J connectivity index is 2.01. The molecule has 84 valence electrons. The number of rotatable bonds is 3. The van der Waals surface area contributed by atoms with Crippen LogP contribution in [-0.4, -0.2) is 35.0 Å². The van der Waals surface area contributed by atoms with Gasteiger partial charge < -0.3 is 10.0 Å². The van der Waals surface area contributed by atoms with Crippen molar-refractivity contribution in [1.82, 2.24) is 4.90 Å². The van der Waals surface area contributed by atoms with Crippen molar-refractivity contribution in [2.45, 2.75) is 38.1 Å². The zero-order chi connectivity index (χ0) is 11.0. The molecule has 0 radical (unpaired) electrons. The molecule has 0 aromatic carbocycles. The minimum atomic E-state index is -0.810. The lowest BCUT2D eigenvalue weighted by molar-refractivity contribution is -0.148. The zero-order valence-electron chi connectivity index (χ0n) is 8.98. The highest BCUT2D eigenvalue weighted by atomic mass is 16.4. The average molecular weight is 211 g/mol. The Hall–Kier alpha value is -1.06. The van der Waals surface area contributed by atoms with Crippen molar-refractivity contribution in [2.24, 2.45) is 11.8 Å². The summed E-state index contributed by atoms with van der Waals surface area (Å²) in [6, 6.07) is 0.382. The molecule has 2 aliphatic rings. The Kier molecular flexibility index (Phi) is 2.67. The molecule has 2 unspecified atom stereocenters. The number of carbonyl (C=O) groups excluding carboxylic acids is 1. The fraction of sp³-hybridized carbons (Fsp3) is 0.818. The van der Waals surface area contributed by atoms with Gasteiger partial charge in [0.2, 0.25) is 5.91 Å². The molecular weight excluding hydrogens is 194 g/mol. The van der Waals surface area contributed by atoms with E-state index in [1.54, 1.807) is 11.9 Å². The first-order chi connectivity index (χ1) is 7.11. The standard InChI is InChI=1S/C11H17NO3/c1-12(7-5-6-7)10(13)8-3-2-4-9(8)11(14)15/h7-9H,2-6H2,1H3,(H,14,15). The van der Waals surface area contributed by atoms with E-state index in [4.69, 9.17) is 5.11 Å². The van der Waals surface area contributed by atoms with Gasteiger partial charge in [0.05, 0.1) is 11.8 Å².